The largest absolute Gasteiger partial charge is 0.435 e. The van der Waals surface area contributed by atoms with Crippen molar-refractivity contribution in [3.8, 4) is 5.69 Å². The van der Waals surface area contributed by atoms with Crippen LogP contribution in [0.25, 0.3) is 5.69 Å². The maximum atomic E-state index is 13.1. The van der Waals surface area contributed by atoms with Crippen molar-refractivity contribution in [2.45, 2.75) is 31.0 Å². The Labute approximate surface area is 164 Å². The molecule has 1 atom stereocenters. The Morgan fingerprint density at radius 1 is 1.10 bits per heavy atom. The van der Waals surface area contributed by atoms with Gasteiger partial charge in [-0.1, -0.05) is 36.4 Å². The number of carbonyl (C=O) groups is 1. The third kappa shape index (κ3) is 3.88. The van der Waals surface area contributed by atoms with E-state index in [4.69, 9.17) is 5.73 Å². The second-order valence-electron chi connectivity index (χ2n) is 7.13. The molecule has 0 spiro atoms. The number of aliphatic hydroxyl groups is 1. The fourth-order valence-corrected chi connectivity index (χ4v) is 3.31. The first-order valence-electron chi connectivity index (χ1n) is 9.09. The maximum absolute atomic E-state index is 13.1. The molecule has 1 saturated carbocycles. The van der Waals surface area contributed by atoms with E-state index in [1.807, 2.05) is 12.1 Å². The number of aliphatic hydroxyl groups excluding tert-OH is 1. The summed E-state index contributed by atoms with van der Waals surface area (Å²) in [4.78, 5) is 11.8. The minimum Gasteiger partial charge on any atom is -0.384 e. The number of aromatic nitrogens is 2. The molecule has 8 heteroatoms. The fourth-order valence-electron chi connectivity index (χ4n) is 3.31. The molecule has 1 aliphatic rings. The Morgan fingerprint density at radius 2 is 1.79 bits per heavy atom. The number of primary amides is 1. The topological polar surface area (TPSA) is 81.1 Å². The first-order chi connectivity index (χ1) is 13.7. The second-order valence-corrected chi connectivity index (χ2v) is 7.13. The van der Waals surface area contributed by atoms with Crippen LogP contribution in [0.15, 0.2) is 54.6 Å². The Morgan fingerprint density at radius 3 is 2.38 bits per heavy atom. The number of hydrogen-bond donors (Lipinski definition) is 2. The first-order valence-corrected chi connectivity index (χ1v) is 9.09. The van der Waals surface area contributed by atoms with Gasteiger partial charge in [0.1, 0.15) is 11.8 Å². The molecule has 0 bridgehead atoms. The minimum atomic E-state index is -4.71. The molecule has 4 rings (SSSR count). The van der Waals surface area contributed by atoms with E-state index in [1.165, 1.54) is 6.07 Å². The molecule has 1 aromatic heterocycles. The standard InChI is InChI=1S/C21H18F3N3O2/c22-21(23,24)18-11-17(20(25)29)27(26-18)16-9-14(12-6-7-12)8-15(10-16)19(28)13-4-2-1-3-5-13/h1-5,8-12,19,28H,6-7H2,(H2,25,29). The van der Waals surface area contributed by atoms with Gasteiger partial charge in [0.15, 0.2) is 5.69 Å². The second kappa shape index (κ2) is 7.04. The SMILES string of the molecule is NC(=O)c1cc(C(F)(F)F)nn1-c1cc(C2CC2)cc(C(O)c2ccccc2)c1. The van der Waals surface area contributed by atoms with Crippen molar-refractivity contribution < 1.29 is 23.1 Å². The lowest BCUT2D eigenvalue weighted by atomic mass is 9.97. The van der Waals surface area contributed by atoms with Gasteiger partial charge in [0.2, 0.25) is 0 Å². The average molecular weight is 401 g/mol. The monoisotopic (exact) mass is 401 g/mol. The highest BCUT2D eigenvalue weighted by atomic mass is 19.4. The van der Waals surface area contributed by atoms with Crippen LogP contribution < -0.4 is 5.73 Å². The molecule has 1 heterocycles. The van der Waals surface area contributed by atoms with Gasteiger partial charge in [-0.05, 0) is 47.6 Å². The summed E-state index contributed by atoms with van der Waals surface area (Å²) in [6.07, 6.45) is -3.77. The normalized spacial score (nSPS) is 15.3. The van der Waals surface area contributed by atoms with Gasteiger partial charge in [-0.2, -0.15) is 18.3 Å². The highest BCUT2D eigenvalue weighted by Gasteiger charge is 2.36. The Hall–Kier alpha value is -3.13. The zero-order chi connectivity index (χ0) is 20.8. The molecule has 1 unspecified atom stereocenters. The average Bonchev–Trinajstić information content (AvgIpc) is 3.44. The van der Waals surface area contributed by atoms with E-state index in [9.17, 15) is 23.1 Å². The van der Waals surface area contributed by atoms with Gasteiger partial charge in [-0.15, -0.1) is 0 Å². The van der Waals surface area contributed by atoms with Gasteiger partial charge in [-0.25, -0.2) is 4.68 Å². The van der Waals surface area contributed by atoms with Gasteiger partial charge in [0, 0.05) is 6.07 Å². The van der Waals surface area contributed by atoms with Crippen LogP contribution in [0, 0.1) is 0 Å². The molecule has 2 aromatic carbocycles. The van der Waals surface area contributed by atoms with Crippen molar-refractivity contribution in [3.63, 3.8) is 0 Å². The minimum absolute atomic E-state index is 0.253. The lowest BCUT2D eigenvalue weighted by Crippen LogP contribution is -2.17. The zero-order valence-corrected chi connectivity index (χ0v) is 15.2. The molecule has 3 N–H and O–H groups in total. The van der Waals surface area contributed by atoms with Gasteiger partial charge in [-0.3, -0.25) is 4.79 Å². The summed E-state index contributed by atoms with van der Waals surface area (Å²) in [5.41, 5.74) is 6.02. The van der Waals surface area contributed by atoms with Gasteiger partial charge >= 0.3 is 6.18 Å². The summed E-state index contributed by atoms with van der Waals surface area (Å²) >= 11 is 0. The van der Waals surface area contributed by atoms with Crippen LogP contribution in [0.3, 0.4) is 0 Å². The zero-order valence-electron chi connectivity index (χ0n) is 15.2. The van der Waals surface area contributed by atoms with E-state index < -0.39 is 23.9 Å². The van der Waals surface area contributed by atoms with E-state index in [-0.39, 0.29) is 17.3 Å². The highest BCUT2D eigenvalue weighted by molar-refractivity contribution is 5.91. The summed E-state index contributed by atoms with van der Waals surface area (Å²) in [5.74, 6) is -0.749. The smallest absolute Gasteiger partial charge is 0.384 e. The number of rotatable bonds is 5. The van der Waals surface area contributed by atoms with Crippen LogP contribution in [0.4, 0.5) is 13.2 Å². The molecular formula is C21H18F3N3O2. The first kappa shape index (κ1) is 19.2. The number of amides is 1. The van der Waals surface area contributed by atoms with E-state index in [0.29, 0.717) is 17.2 Å². The quantitative estimate of drug-likeness (QED) is 0.679. The van der Waals surface area contributed by atoms with Crippen molar-refractivity contribution in [1.82, 2.24) is 9.78 Å². The summed E-state index contributed by atoms with van der Waals surface area (Å²) in [5, 5.41) is 14.4. The molecule has 0 saturated heterocycles. The molecule has 150 valence electrons. The maximum Gasteiger partial charge on any atom is 0.435 e. The van der Waals surface area contributed by atoms with Gasteiger partial charge < -0.3 is 10.8 Å². The molecule has 29 heavy (non-hydrogen) atoms. The molecule has 1 amide bonds. The van der Waals surface area contributed by atoms with Crippen molar-refractivity contribution in [3.05, 3.63) is 82.7 Å². The Balaban J connectivity index is 1.85. The number of nitrogens with zero attached hydrogens (tertiary/aromatic N) is 2. The van der Waals surface area contributed by atoms with Gasteiger partial charge in [0.05, 0.1) is 5.69 Å². The number of carbonyl (C=O) groups excluding carboxylic acids is 1. The molecule has 3 aromatic rings. The molecule has 1 fully saturated rings. The van der Waals surface area contributed by atoms with Crippen LogP contribution in [0.5, 0.6) is 0 Å². The number of alkyl halides is 3. The van der Waals surface area contributed by atoms with E-state index in [1.54, 1.807) is 30.3 Å². The molecule has 5 nitrogen and oxygen atoms in total. The fraction of sp³-hybridized carbons (Fsp3) is 0.238. The van der Waals surface area contributed by atoms with Crippen molar-refractivity contribution in [2.75, 3.05) is 0 Å². The van der Waals surface area contributed by atoms with Crippen LogP contribution in [-0.2, 0) is 6.18 Å². The Kier molecular flexibility index (Phi) is 4.66. The molecule has 0 aliphatic heterocycles. The number of halogens is 3. The van der Waals surface area contributed by atoms with E-state index in [0.717, 1.165) is 23.1 Å². The summed E-state index contributed by atoms with van der Waals surface area (Å²) in [7, 11) is 0. The number of nitrogens with two attached hydrogens (primary N) is 1. The van der Waals surface area contributed by atoms with Crippen molar-refractivity contribution >= 4 is 5.91 Å². The molecular weight excluding hydrogens is 383 g/mol. The molecule has 0 radical (unpaired) electrons. The number of benzene rings is 2. The summed E-state index contributed by atoms with van der Waals surface area (Å²) in [6.45, 7) is 0. The van der Waals surface area contributed by atoms with Crippen LogP contribution >= 0.6 is 0 Å². The highest BCUT2D eigenvalue weighted by Crippen LogP contribution is 2.42. The van der Waals surface area contributed by atoms with Crippen LogP contribution in [-0.4, -0.2) is 20.8 Å². The van der Waals surface area contributed by atoms with Crippen LogP contribution in [0.1, 0.15) is 57.7 Å². The number of hydrogen-bond acceptors (Lipinski definition) is 3. The van der Waals surface area contributed by atoms with Crippen LogP contribution in [0.2, 0.25) is 0 Å². The van der Waals surface area contributed by atoms with Crippen molar-refractivity contribution in [2.24, 2.45) is 5.73 Å². The van der Waals surface area contributed by atoms with Gasteiger partial charge in [0.25, 0.3) is 5.91 Å². The summed E-state index contributed by atoms with van der Waals surface area (Å²) < 4.78 is 40.3. The van der Waals surface area contributed by atoms with E-state index in [2.05, 4.69) is 5.10 Å². The Bertz CT molecular complexity index is 1060. The lowest BCUT2D eigenvalue weighted by Gasteiger charge is -2.16. The summed E-state index contributed by atoms with van der Waals surface area (Å²) in [6, 6.07) is 14.6. The van der Waals surface area contributed by atoms with E-state index >= 15 is 0 Å². The lowest BCUT2D eigenvalue weighted by molar-refractivity contribution is -0.141. The third-order valence-electron chi connectivity index (χ3n) is 4.94. The van der Waals surface area contributed by atoms with Crippen molar-refractivity contribution in [1.29, 1.82) is 0 Å². The molecule has 1 aliphatic carbocycles. The third-order valence-corrected chi connectivity index (χ3v) is 4.94. The predicted molar refractivity (Wildman–Crippen MR) is 99.6 cm³/mol. The predicted octanol–water partition coefficient (Wildman–Crippen LogP) is 3.95.